The van der Waals surface area contributed by atoms with Gasteiger partial charge in [0.1, 0.15) is 0 Å². The smallest absolute Gasteiger partial charge is 0.254 e. The van der Waals surface area contributed by atoms with Crippen molar-refractivity contribution in [1.29, 1.82) is 0 Å². The van der Waals surface area contributed by atoms with E-state index in [1.807, 2.05) is 24.3 Å². The van der Waals surface area contributed by atoms with Gasteiger partial charge in [0.15, 0.2) is 11.5 Å². The van der Waals surface area contributed by atoms with Gasteiger partial charge in [0.25, 0.3) is 11.9 Å². The molecule has 3 aromatic rings. The minimum Gasteiger partial charge on any atom is -0.454 e. The van der Waals surface area contributed by atoms with Crippen molar-refractivity contribution in [2.45, 2.75) is 25.2 Å². The Labute approximate surface area is 203 Å². The van der Waals surface area contributed by atoms with Crippen molar-refractivity contribution < 1.29 is 19.0 Å². The predicted octanol–water partition coefficient (Wildman–Crippen LogP) is 2.39. The van der Waals surface area contributed by atoms with E-state index in [2.05, 4.69) is 20.3 Å². The van der Waals surface area contributed by atoms with Gasteiger partial charge >= 0.3 is 0 Å². The Bertz CT molecular complexity index is 1220. The quantitative estimate of drug-likeness (QED) is 0.495. The van der Waals surface area contributed by atoms with E-state index in [0.29, 0.717) is 29.7 Å². The zero-order valence-electron chi connectivity index (χ0n) is 19.5. The molecule has 1 N–H and O–H groups in total. The fraction of sp³-hybridized carbons (Fsp3) is 0.440. The molecule has 0 radical (unpaired) electrons. The number of nitrogens with one attached hydrogen (secondary N) is 1. The molecule has 2 fully saturated rings. The molecular formula is C25H28N6O4. The highest BCUT2D eigenvalue weighted by Crippen LogP contribution is 2.42. The highest BCUT2D eigenvalue weighted by atomic mass is 16.7. The number of amides is 1. The highest BCUT2D eigenvalue weighted by molar-refractivity contribution is 5.95. The summed E-state index contributed by atoms with van der Waals surface area (Å²) in [6.07, 6.45) is 6.32. The summed E-state index contributed by atoms with van der Waals surface area (Å²) in [7, 11) is 0. The summed E-state index contributed by atoms with van der Waals surface area (Å²) in [5.41, 5.74) is 3.14. The molecular weight excluding hydrogens is 448 g/mol. The van der Waals surface area contributed by atoms with E-state index in [4.69, 9.17) is 19.2 Å². The number of nitrogens with zero attached hydrogens (tertiary/aromatic N) is 5. The van der Waals surface area contributed by atoms with Gasteiger partial charge in [-0.05, 0) is 50.1 Å². The maximum atomic E-state index is 13.0. The summed E-state index contributed by atoms with van der Waals surface area (Å²) < 4.78 is 18.0. The second kappa shape index (κ2) is 9.63. The standard InChI is InChI=1S/C25H28N6O4/c32-24(26-7-1-9-30-10-12-33-13-11-30)19-15-28-31(23(19)17-2-3-17)25-27-8-6-20(29-25)18-4-5-21-22(14-18)35-16-34-21/h4-6,8,14-15,17H,1-3,7,9-13,16H2,(H,26,32). The number of aromatic nitrogens is 4. The van der Waals surface area contributed by atoms with Crippen molar-refractivity contribution in [3.05, 3.63) is 47.9 Å². The van der Waals surface area contributed by atoms with Gasteiger partial charge < -0.3 is 19.5 Å². The third kappa shape index (κ3) is 4.71. The summed E-state index contributed by atoms with van der Waals surface area (Å²) in [5, 5.41) is 7.60. The molecule has 2 aliphatic heterocycles. The molecule has 4 heterocycles. The first-order valence-corrected chi connectivity index (χ1v) is 12.2. The molecule has 0 atom stereocenters. The van der Waals surface area contributed by atoms with Crippen LogP contribution in [-0.2, 0) is 4.74 Å². The molecule has 0 unspecified atom stereocenters. The zero-order valence-corrected chi connectivity index (χ0v) is 19.5. The number of carbonyl (C=O) groups is 1. The molecule has 3 aliphatic rings. The van der Waals surface area contributed by atoms with Gasteiger partial charge in [-0.3, -0.25) is 9.69 Å². The molecule has 10 nitrogen and oxygen atoms in total. The third-order valence-electron chi connectivity index (χ3n) is 6.56. The van der Waals surface area contributed by atoms with E-state index in [-0.39, 0.29) is 12.7 Å². The number of ether oxygens (including phenoxy) is 3. The van der Waals surface area contributed by atoms with Crippen LogP contribution in [0.1, 0.15) is 41.2 Å². The Kier molecular flexibility index (Phi) is 6.05. The van der Waals surface area contributed by atoms with Crippen LogP contribution in [0.3, 0.4) is 0 Å². The number of carbonyl (C=O) groups excluding carboxylic acids is 1. The summed E-state index contributed by atoms with van der Waals surface area (Å²) in [4.78, 5) is 24.6. The van der Waals surface area contributed by atoms with Gasteiger partial charge in [0.2, 0.25) is 6.79 Å². The number of hydrogen-bond donors (Lipinski definition) is 1. The summed E-state index contributed by atoms with van der Waals surface area (Å²) >= 11 is 0. The lowest BCUT2D eigenvalue weighted by atomic mass is 10.1. The van der Waals surface area contributed by atoms with E-state index in [1.54, 1.807) is 17.1 Å². The van der Waals surface area contributed by atoms with E-state index in [0.717, 1.165) is 74.8 Å². The Morgan fingerprint density at radius 2 is 1.97 bits per heavy atom. The van der Waals surface area contributed by atoms with Crippen LogP contribution < -0.4 is 14.8 Å². The first kappa shape index (κ1) is 22.0. The second-order valence-electron chi connectivity index (χ2n) is 9.00. The molecule has 6 rings (SSSR count). The lowest BCUT2D eigenvalue weighted by Gasteiger charge is -2.26. The van der Waals surface area contributed by atoms with Crippen LogP contribution in [0.15, 0.2) is 36.7 Å². The first-order valence-electron chi connectivity index (χ1n) is 12.2. The van der Waals surface area contributed by atoms with Crippen molar-refractivity contribution in [3.63, 3.8) is 0 Å². The fourth-order valence-electron chi connectivity index (χ4n) is 4.53. The van der Waals surface area contributed by atoms with Crippen LogP contribution in [0.5, 0.6) is 11.5 Å². The van der Waals surface area contributed by atoms with Crippen LogP contribution in [-0.4, -0.2) is 76.7 Å². The maximum absolute atomic E-state index is 13.0. The Morgan fingerprint density at radius 3 is 2.83 bits per heavy atom. The van der Waals surface area contributed by atoms with Crippen LogP contribution in [0, 0.1) is 0 Å². The molecule has 1 aliphatic carbocycles. The normalized spacial score (nSPS) is 17.5. The first-order chi connectivity index (χ1) is 17.3. The topological polar surface area (TPSA) is 104 Å². The second-order valence-corrected chi connectivity index (χ2v) is 9.00. The maximum Gasteiger partial charge on any atom is 0.254 e. The van der Waals surface area contributed by atoms with E-state index in [9.17, 15) is 4.79 Å². The van der Waals surface area contributed by atoms with Gasteiger partial charge in [0.05, 0.1) is 36.4 Å². The van der Waals surface area contributed by atoms with Crippen molar-refractivity contribution in [2.24, 2.45) is 0 Å². The van der Waals surface area contributed by atoms with E-state index >= 15 is 0 Å². The molecule has 1 amide bonds. The summed E-state index contributed by atoms with van der Waals surface area (Å²) in [6, 6.07) is 7.59. The highest BCUT2D eigenvalue weighted by Gasteiger charge is 2.33. The van der Waals surface area contributed by atoms with Crippen LogP contribution in [0.2, 0.25) is 0 Å². The molecule has 182 valence electrons. The predicted molar refractivity (Wildman–Crippen MR) is 127 cm³/mol. The molecule has 10 heteroatoms. The largest absolute Gasteiger partial charge is 0.454 e. The number of morpholine rings is 1. The van der Waals surface area contributed by atoms with Gasteiger partial charge in [0, 0.05) is 37.3 Å². The average Bonchev–Trinajstić information content (AvgIpc) is 3.46. The molecule has 1 aromatic carbocycles. The van der Waals surface area contributed by atoms with E-state index in [1.165, 1.54) is 0 Å². The Morgan fingerprint density at radius 1 is 1.11 bits per heavy atom. The molecule has 0 spiro atoms. The zero-order chi connectivity index (χ0) is 23.6. The van der Waals surface area contributed by atoms with Crippen LogP contribution in [0.4, 0.5) is 0 Å². The number of fused-ring (bicyclic) bond motifs is 1. The molecule has 2 aromatic heterocycles. The van der Waals surface area contributed by atoms with Gasteiger partial charge in [-0.25, -0.2) is 14.6 Å². The summed E-state index contributed by atoms with van der Waals surface area (Å²) in [6.45, 7) is 5.29. The lowest BCUT2D eigenvalue weighted by Crippen LogP contribution is -2.38. The Balaban J connectivity index is 1.18. The average molecular weight is 477 g/mol. The van der Waals surface area contributed by atoms with E-state index < -0.39 is 0 Å². The molecule has 0 bridgehead atoms. The summed E-state index contributed by atoms with van der Waals surface area (Å²) in [5.74, 6) is 2.09. The minimum absolute atomic E-state index is 0.0907. The minimum atomic E-state index is -0.0907. The fourth-order valence-corrected chi connectivity index (χ4v) is 4.53. The van der Waals surface area contributed by atoms with Crippen molar-refractivity contribution in [2.75, 3.05) is 46.2 Å². The molecule has 1 saturated heterocycles. The Hall–Kier alpha value is -3.50. The number of rotatable bonds is 8. The SMILES string of the molecule is O=C(NCCCN1CCOCC1)c1cnn(-c2nccc(-c3ccc4c(c3)OCO4)n2)c1C1CC1. The number of benzene rings is 1. The molecule has 1 saturated carbocycles. The number of hydrogen-bond acceptors (Lipinski definition) is 8. The van der Waals surface area contributed by atoms with Gasteiger partial charge in [-0.15, -0.1) is 0 Å². The van der Waals surface area contributed by atoms with Crippen molar-refractivity contribution in [1.82, 2.24) is 30.0 Å². The van der Waals surface area contributed by atoms with Gasteiger partial charge in [-0.1, -0.05) is 0 Å². The van der Waals surface area contributed by atoms with Gasteiger partial charge in [-0.2, -0.15) is 5.10 Å². The monoisotopic (exact) mass is 476 g/mol. The van der Waals surface area contributed by atoms with Crippen molar-refractivity contribution in [3.8, 4) is 28.7 Å². The van der Waals surface area contributed by atoms with Crippen LogP contribution in [0.25, 0.3) is 17.2 Å². The van der Waals surface area contributed by atoms with Crippen molar-refractivity contribution >= 4 is 5.91 Å². The third-order valence-corrected chi connectivity index (χ3v) is 6.56. The molecule has 35 heavy (non-hydrogen) atoms. The lowest BCUT2D eigenvalue weighted by molar-refractivity contribution is 0.0374. The van der Waals surface area contributed by atoms with Crippen LogP contribution >= 0.6 is 0 Å².